The number of hydrogen-bond acceptors (Lipinski definition) is 4. The molecule has 1 heterocycles. The highest BCUT2D eigenvalue weighted by Crippen LogP contribution is 2.28. The zero-order valence-electron chi connectivity index (χ0n) is 13.8. The first-order valence-corrected chi connectivity index (χ1v) is 8.60. The lowest BCUT2D eigenvalue weighted by Crippen LogP contribution is -2.32. The molecule has 1 aliphatic heterocycles. The molecule has 0 radical (unpaired) electrons. The number of ether oxygens (including phenoxy) is 1. The van der Waals surface area contributed by atoms with Gasteiger partial charge in [-0.15, -0.1) is 0 Å². The van der Waals surface area contributed by atoms with Crippen molar-refractivity contribution in [2.75, 3.05) is 6.54 Å². The molecule has 3 rings (SSSR count). The summed E-state index contributed by atoms with van der Waals surface area (Å²) in [6.07, 6.45) is -0.0551. The van der Waals surface area contributed by atoms with Crippen molar-refractivity contribution in [3.63, 3.8) is 0 Å². The van der Waals surface area contributed by atoms with Crippen molar-refractivity contribution in [1.82, 2.24) is 4.90 Å². The minimum atomic E-state index is -0.481. The van der Waals surface area contributed by atoms with Crippen molar-refractivity contribution >= 4 is 33.7 Å². The van der Waals surface area contributed by atoms with E-state index >= 15 is 0 Å². The third-order valence-electron chi connectivity index (χ3n) is 4.06. The summed E-state index contributed by atoms with van der Waals surface area (Å²) in [5, 5.41) is 0. The second kappa shape index (κ2) is 6.80. The monoisotopic (exact) mass is 401 g/mol. The van der Waals surface area contributed by atoms with Crippen LogP contribution in [-0.4, -0.2) is 29.2 Å². The summed E-state index contributed by atoms with van der Waals surface area (Å²) in [5.41, 5.74) is 2.42. The Morgan fingerprint density at radius 1 is 1.04 bits per heavy atom. The molecule has 2 amide bonds. The van der Waals surface area contributed by atoms with Crippen LogP contribution in [0.5, 0.6) is 5.75 Å². The maximum absolute atomic E-state index is 12.3. The lowest BCUT2D eigenvalue weighted by atomic mass is 10.1. The van der Waals surface area contributed by atoms with Gasteiger partial charge in [0.25, 0.3) is 11.8 Å². The Kier molecular flexibility index (Phi) is 4.72. The summed E-state index contributed by atoms with van der Waals surface area (Å²) in [4.78, 5) is 37.8. The first-order chi connectivity index (χ1) is 11.9. The van der Waals surface area contributed by atoms with E-state index in [4.69, 9.17) is 4.74 Å². The number of hydrogen-bond donors (Lipinski definition) is 0. The second-order valence-electron chi connectivity index (χ2n) is 5.90. The molecule has 0 aliphatic carbocycles. The largest absolute Gasteiger partial charge is 0.426 e. The zero-order chi connectivity index (χ0) is 18.1. The SMILES string of the molecule is Cc1cc(Br)cc(C)c1OC(=O)CCN1C(=O)c2ccccc2C1=O. The van der Waals surface area contributed by atoms with E-state index in [0.717, 1.165) is 20.5 Å². The van der Waals surface area contributed by atoms with E-state index in [1.165, 1.54) is 0 Å². The van der Waals surface area contributed by atoms with Gasteiger partial charge in [-0.25, -0.2) is 0 Å². The number of aryl methyl sites for hydroxylation is 2. The van der Waals surface area contributed by atoms with Crippen LogP contribution in [0.3, 0.4) is 0 Å². The van der Waals surface area contributed by atoms with Gasteiger partial charge < -0.3 is 4.74 Å². The predicted molar refractivity (Wildman–Crippen MR) is 95.7 cm³/mol. The van der Waals surface area contributed by atoms with Gasteiger partial charge in [0.05, 0.1) is 17.5 Å². The number of esters is 1. The fourth-order valence-electron chi connectivity index (χ4n) is 2.87. The Morgan fingerprint density at radius 3 is 2.08 bits per heavy atom. The van der Waals surface area contributed by atoms with Crippen molar-refractivity contribution in [3.05, 3.63) is 63.1 Å². The van der Waals surface area contributed by atoms with Crippen molar-refractivity contribution in [1.29, 1.82) is 0 Å². The minimum absolute atomic E-state index is 0.000195. The Bertz CT molecular complexity index is 833. The highest BCUT2D eigenvalue weighted by atomic mass is 79.9. The molecule has 0 N–H and O–H groups in total. The van der Waals surface area contributed by atoms with E-state index in [0.29, 0.717) is 16.9 Å². The normalized spacial score (nSPS) is 13.2. The Labute approximate surface area is 153 Å². The summed E-state index contributed by atoms with van der Waals surface area (Å²) in [7, 11) is 0. The smallest absolute Gasteiger partial charge is 0.313 e. The number of nitrogens with zero attached hydrogens (tertiary/aromatic N) is 1. The summed E-state index contributed by atoms with van der Waals surface area (Å²) in [5.74, 6) is -0.713. The van der Waals surface area contributed by atoms with E-state index in [-0.39, 0.29) is 24.8 Å². The molecule has 0 saturated carbocycles. The maximum atomic E-state index is 12.3. The van der Waals surface area contributed by atoms with Crippen molar-refractivity contribution in [3.8, 4) is 5.75 Å². The fourth-order valence-corrected chi connectivity index (χ4v) is 3.56. The van der Waals surface area contributed by atoms with Gasteiger partial charge in [-0.3, -0.25) is 19.3 Å². The molecule has 0 saturated heterocycles. The van der Waals surface area contributed by atoms with Crippen molar-refractivity contribution in [2.24, 2.45) is 0 Å². The standard InChI is InChI=1S/C19H16BrNO4/c1-11-9-13(20)10-12(2)17(11)25-16(22)7-8-21-18(23)14-5-3-4-6-15(14)19(21)24/h3-6,9-10H,7-8H2,1-2H3. The number of imide groups is 1. The summed E-state index contributed by atoms with van der Waals surface area (Å²) in [6.45, 7) is 3.70. The molecule has 25 heavy (non-hydrogen) atoms. The summed E-state index contributed by atoms with van der Waals surface area (Å²) < 4.78 is 6.34. The Hall–Kier alpha value is -2.47. The topological polar surface area (TPSA) is 63.7 Å². The molecule has 128 valence electrons. The van der Waals surface area contributed by atoms with Gasteiger partial charge in [0.15, 0.2) is 0 Å². The maximum Gasteiger partial charge on any atom is 0.313 e. The van der Waals surface area contributed by atoms with E-state index < -0.39 is 5.97 Å². The Balaban J connectivity index is 1.66. The van der Waals surface area contributed by atoms with Gasteiger partial charge >= 0.3 is 5.97 Å². The summed E-state index contributed by atoms with van der Waals surface area (Å²) >= 11 is 3.39. The van der Waals surface area contributed by atoms with Gasteiger partial charge in [0, 0.05) is 11.0 Å². The van der Waals surface area contributed by atoms with Gasteiger partial charge in [0.2, 0.25) is 0 Å². The third kappa shape index (κ3) is 3.35. The molecule has 0 atom stereocenters. The van der Waals surface area contributed by atoms with Crippen LogP contribution in [0.1, 0.15) is 38.3 Å². The van der Waals surface area contributed by atoms with Gasteiger partial charge in [0.1, 0.15) is 5.75 Å². The van der Waals surface area contributed by atoms with Crippen LogP contribution >= 0.6 is 15.9 Å². The van der Waals surface area contributed by atoms with E-state index in [1.807, 2.05) is 26.0 Å². The van der Waals surface area contributed by atoms with E-state index in [2.05, 4.69) is 15.9 Å². The number of fused-ring (bicyclic) bond motifs is 1. The number of amides is 2. The van der Waals surface area contributed by atoms with E-state index in [9.17, 15) is 14.4 Å². The Morgan fingerprint density at radius 2 is 1.56 bits per heavy atom. The number of carbonyl (C=O) groups excluding carboxylic acids is 3. The van der Waals surface area contributed by atoms with Crippen LogP contribution in [0.15, 0.2) is 40.9 Å². The molecule has 1 aliphatic rings. The average molecular weight is 402 g/mol. The number of rotatable bonds is 4. The van der Waals surface area contributed by atoms with Crippen LogP contribution in [-0.2, 0) is 4.79 Å². The van der Waals surface area contributed by atoms with Gasteiger partial charge in [-0.05, 0) is 49.2 Å². The highest BCUT2D eigenvalue weighted by molar-refractivity contribution is 9.10. The molecule has 2 aromatic carbocycles. The molecule has 6 heteroatoms. The quantitative estimate of drug-likeness (QED) is 0.445. The van der Waals surface area contributed by atoms with Gasteiger partial charge in [-0.1, -0.05) is 28.1 Å². The predicted octanol–water partition coefficient (Wildman–Crippen LogP) is 3.66. The van der Waals surface area contributed by atoms with E-state index in [1.54, 1.807) is 24.3 Å². The van der Waals surface area contributed by atoms with Crippen LogP contribution in [0.2, 0.25) is 0 Å². The highest BCUT2D eigenvalue weighted by Gasteiger charge is 2.35. The zero-order valence-corrected chi connectivity index (χ0v) is 15.4. The minimum Gasteiger partial charge on any atom is -0.426 e. The number of carbonyl (C=O) groups is 3. The molecular weight excluding hydrogens is 386 g/mol. The second-order valence-corrected chi connectivity index (χ2v) is 6.82. The number of benzene rings is 2. The van der Waals surface area contributed by atoms with Crippen molar-refractivity contribution < 1.29 is 19.1 Å². The van der Waals surface area contributed by atoms with Crippen LogP contribution in [0, 0.1) is 13.8 Å². The van der Waals surface area contributed by atoms with Gasteiger partial charge in [-0.2, -0.15) is 0 Å². The fraction of sp³-hybridized carbons (Fsp3) is 0.211. The molecule has 0 spiro atoms. The lowest BCUT2D eigenvalue weighted by molar-refractivity contribution is -0.134. The third-order valence-corrected chi connectivity index (χ3v) is 4.52. The molecular formula is C19H16BrNO4. The number of halogens is 1. The molecule has 0 aromatic heterocycles. The first-order valence-electron chi connectivity index (χ1n) is 7.81. The first kappa shape index (κ1) is 17.4. The summed E-state index contributed by atoms with van der Waals surface area (Å²) in [6, 6.07) is 10.4. The molecule has 5 nitrogen and oxygen atoms in total. The lowest BCUT2D eigenvalue weighted by Gasteiger charge is -2.14. The molecule has 0 unspecified atom stereocenters. The average Bonchev–Trinajstić information content (AvgIpc) is 2.81. The van der Waals surface area contributed by atoms with Crippen molar-refractivity contribution in [2.45, 2.75) is 20.3 Å². The van der Waals surface area contributed by atoms with Crippen LogP contribution < -0.4 is 4.74 Å². The van der Waals surface area contributed by atoms with Crippen LogP contribution in [0.25, 0.3) is 0 Å². The molecule has 0 bridgehead atoms. The molecule has 2 aromatic rings. The molecule has 0 fully saturated rings. The van der Waals surface area contributed by atoms with Crippen LogP contribution in [0.4, 0.5) is 0 Å².